The van der Waals surface area contributed by atoms with Gasteiger partial charge in [-0.25, -0.2) is 0 Å². The minimum absolute atomic E-state index is 0.870. The third-order valence-corrected chi connectivity index (χ3v) is 3.15. The van der Waals surface area contributed by atoms with Gasteiger partial charge in [0, 0.05) is 16.7 Å². The molecule has 0 radical (unpaired) electrons. The average molecular weight is 246 g/mol. The van der Waals surface area contributed by atoms with Crippen LogP contribution in [0.1, 0.15) is 5.56 Å². The maximum Gasteiger partial charge on any atom is 0.141 e. The largest absolute Gasteiger partial charge is 0.463 e. The molecule has 1 heterocycles. The van der Waals surface area contributed by atoms with Gasteiger partial charge in [0.25, 0.3) is 0 Å². The first-order chi connectivity index (χ1) is 9.40. The van der Waals surface area contributed by atoms with Gasteiger partial charge >= 0.3 is 0 Å². The van der Waals surface area contributed by atoms with Crippen molar-refractivity contribution in [1.82, 2.24) is 0 Å². The SMILES string of the molecule is C=Cc1c(-c2ccccc2)coc1-c1ccccc1. The van der Waals surface area contributed by atoms with Crippen molar-refractivity contribution in [1.29, 1.82) is 0 Å². The van der Waals surface area contributed by atoms with Gasteiger partial charge in [-0.2, -0.15) is 0 Å². The molecule has 92 valence electrons. The monoisotopic (exact) mass is 246 g/mol. The predicted octanol–water partition coefficient (Wildman–Crippen LogP) is 5.26. The highest BCUT2D eigenvalue weighted by Gasteiger charge is 2.13. The molecule has 2 aromatic carbocycles. The van der Waals surface area contributed by atoms with Crippen LogP contribution >= 0.6 is 0 Å². The predicted molar refractivity (Wildman–Crippen MR) is 79.7 cm³/mol. The second kappa shape index (κ2) is 4.99. The molecule has 0 saturated heterocycles. The van der Waals surface area contributed by atoms with Gasteiger partial charge in [-0.05, 0) is 5.56 Å². The van der Waals surface area contributed by atoms with Crippen LogP contribution in [0.15, 0.2) is 77.9 Å². The topological polar surface area (TPSA) is 13.1 Å². The van der Waals surface area contributed by atoms with E-state index in [-0.39, 0.29) is 0 Å². The van der Waals surface area contributed by atoms with Crippen LogP contribution in [0.4, 0.5) is 0 Å². The van der Waals surface area contributed by atoms with E-state index in [0.29, 0.717) is 0 Å². The van der Waals surface area contributed by atoms with Crippen molar-refractivity contribution < 1.29 is 4.42 Å². The van der Waals surface area contributed by atoms with E-state index in [2.05, 4.69) is 18.7 Å². The van der Waals surface area contributed by atoms with Crippen LogP contribution in [0.25, 0.3) is 28.5 Å². The minimum Gasteiger partial charge on any atom is -0.463 e. The molecule has 3 rings (SSSR count). The average Bonchev–Trinajstić information content (AvgIpc) is 2.93. The highest BCUT2D eigenvalue weighted by Crippen LogP contribution is 2.34. The summed E-state index contributed by atoms with van der Waals surface area (Å²) < 4.78 is 5.76. The molecule has 3 aromatic rings. The molecule has 1 heteroatoms. The Kier molecular flexibility index (Phi) is 3.03. The smallest absolute Gasteiger partial charge is 0.141 e. The van der Waals surface area contributed by atoms with Crippen LogP contribution in [0.2, 0.25) is 0 Å². The second-order valence-corrected chi connectivity index (χ2v) is 4.33. The lowest BCUT2D eigenvalue weighted by Gasteiger charge is -2.01. The lowest BCUT2D eigenvalue weighted by molar-refractivity contribution is 0.582. The summed E-state index contributed by atoms with van der Waals surface area (Å²) in [5, 5.41) is 0. The first-order valence-corrected chi connectivity index (χ1v) is 6.25. The summed E-state index contributed by atoms with van der Waals surface area (Å²) in [6.07, 6.45) is 3.66. The van der Waals surface area contributed by atoms with Crippen molar-refractivity contribution in [3.8, 4) is 22.5 Å². The Morgan fingerprint density at radius 1 is 0.789 bits per heavy atom. The molecular formula is C18H14O. The highest BCUT2D eigenvalue weighted by atomic mass is 16.3. The zero-order valence-corrected chi connectivity index (χ0v) is 10.5. The molecule has 19 heavy (non-hydrogen) atoms. The molecule has 0 fully saturated rings. The molecule has 0 unspecified atom stereocenters. The summed E-state index contributed by atoms with van der Waals surface area (Å²) in [6.45, 7) is 3.92. The molecule has 0 aliphatic rings. The Morgan fingerprint density at radius 2 is 1.37 bits per heavy atom. The fourth-order valence-corrected chi connectivity index (χ4v) is 2.22. The van der Waals surface area contributed by atoms with Crippen molar-refractivity contribution in [2.24, 2.45) is 0 Å². The Hall–Kier alpha value is -2.54. The van der Waals surface area contributed by atoms with Crippen LogP contribution < -0.4 is 0 Å². The third kappa shape index (κ3) is 2.11. The van der Waals surface area contributed by atoms with Gasteiger partial charge in [0.05, 0.1) is 6.26 Å². The number of benzene rings is 2. The van der Waals surface area contributed by atoms with Gasteiger partial charge in [-0.1, -0.05) is 73.3 Å². The van der Waals surface area contributed by atoms with E-state index in [9.17, 15) is 0 Å². The van der Waals surface area contributed by atoms with Crippen molar-refractivity contribution in [3.05, 3.63) is 79.1 Å². The number of hydrogen-bond donors (Lipinski definition) is 0. The fourth-order valence-electron chi connectivity index (χ4n) is 2.22. The van der Waals surface area contributed by atoms with E-state index in [4.69, 9.17) is 4.42 Å². The lowest BCUT2D eigenvalue weighted by atomic mass is 10.0. The number of furan rings is 1. The third-order valence-electron chi connectivity index (χ3n) is 3.15. The van der Waals surface area contributed by atoms with Crippen molar-refractivity contribution in [2.45, 2.75) is 0 Å². The molecule has 0 N–H and O–H groups in total. The second-order valence-electron chi connectivity index (χ2n) is 4.33. The fraction of sp³-hybridized carbons (Fsp3) is 0. The maximum absolute atomic E-state index is 5.76. The molecule has 0 aliphatic carbocycles. The molecule has 0 aliphatic heterocycles. The van der Waals surface area contributed by atoms with Crippen LogP contribution in [0.3, 0.4) is 0 Å². The standard InChI is InChI=1S/C18H14O/c1-2-16-17(14-9-5-3-6-10-14)13-19-18(16)15-11-7-4-8-12-15/h2-13H,1H2. The molecule has 1 nitrogen and oxygen atoms in total. The first kappa shape index (κ1) is 11.5. The van der Waals surface area contributed by atoms with Gasteiger partial charge < -0.3 is 4.42 Å². The Bertz CT molecular complexity index is 621. The Morgan fingerprint density at radius 3 is 1.95 bits per heavy atom. The molecule has 0 bridgehead atoms. The first-order valence-electron chi connectivity index (χ1n) is 6.25. The highest BCUT2D eigenvalue weighted by molar-refractivity contribution is 5.83. The molecule has 0 amide bonds. The molecule has 0 spiro atoms. The minimum atomic E-state index is 0.870. The summed E-state index contributed by atoms with van der Waals surface area (Å²) in [4.78, 5) is 0. The van der Waals surface area contributed by atoms with Gasteiger partial charge in [-0.3, -0.25) is 0 Å². The zero-order valence-electron chi connectivity index (χ0n) is 10.5. The number of hydrogen-bond acceptors (Lipinski definition) is 1. The van der Waals surface area contributed by atoms with E-state index in [1.807, 2.05) is 54.6 Å². The normalized spacial score (nSPS) is 10.3. The van der Waals surface area contributed by atoms with Crippen LogP contribution in [-0.4, -0.2) is 0 Å². The van der Waals surface area contributed by atoms with E-state index >= 15 is 0 Å². The Labute approximate surface area is 112 Å². The summed E-state index contributed by atoms with van der Waals surface area (Å²) in [7, 11) is 0. The summed E-state index contributed by atoms with van der Waals surface area (Å²) in [5.74, 6) is 0.870. The summed E-state index contributed by atoms with van der Waals surface area (Å²) in [6, 6.07) is 20.3. The quantitative estimate of drug-likeness (QED) is 0.614. The molecule has 0 saturated carbocycles. The van der Waals surface area contributed by atoms with Crippen molar-refractivity contribution in [2.75, 3.05) is 0 Å². The lowest BCUT2D eigenvalue weighted by Crippen LogP contribution is -1.80. The Balaban J connectivity index is 2.15. The zero-order chi connectivity index (χ0) is 13.1. The number of rotatable bonds is 3. The molecule has 0 atom stereocenters. The van der Waals surface area contributed by atoms with Crippen LogP contribution in [-0.2, 0) is 0 Å². The maximum atomic E-state index is 5.76. The van der Waals surface area contributed by atoms with E-state index in [1.54, 1.807) is 6.26 Å². The van der Waals surface area contributed by atoms with Gasteiger partial charge in [-0.15, -0.1) is 0 Å². The summed E-state index contributed by atoms with van der Waals surface area (Å²) >= 11 is 0. The van der Waals surface area contributed by atoms with Crippen molar-refractivity contribution in [3.63, 3.8) is 0 Å². The van der Waals surface area contributed by atoms with E-state index in [1.165, 1.54) is 0 Å². The van der Waals surface area contributed by atoms with Gasteiger partial charge in [0.1, 0.15) is 5.76 Å². The van der Waals surface area contributed by atoms with E-state index in [0.717, 1.165) is 28.0 Å². The van der Waals surface area contributed by atoms with Gasteiger partial charge in [0.2, 0.25) is 0 Å². The van der Waals surface area contributed by atoms with Crippen LogP contribution in [0.5, 0.6) is 0 Å². The van der Waals surface area contributed by atoms with Crippen LogP contribution in [0, 0.1) is 0 Å². The summed E-state index contributed by atoms with van der Waals surface area (Å²) in [5.41, 5.74) is 4.33. The van der Waals surface area contributed by atoms with Crippen molar-refractivity contribution >= 4 is 6.08 Å². The molecule has 1 aromatic heterocycles. The van der Waals surface area contributed by atoms with Gasteiger partial charge in [0.15, 0.2) is 0 Å². The molecular weight excluding hydrogens is 232 g/mol. The van der Waals surface area contributed by atoms with E-state index < -0.39 is 0 Å².